The third-order valence-electron chi connectivity index (χ3n) is 1.34. The third-order valence-corrected chi connectivity index (χ3v) is 1.34. The lowest BCUT2D eigenvalue weighted by atomic mass is 10.2. The van der Waals surface area contributed by atoms with Crippen molar-refractivity contribution in [3.05, 3.63) is 11.6 Å². The van der Waals surface area contributed by atoms with Crippen molar-refractivity contribution in [3.8, 4) is 0 Å². The van der Waals surface area contributed by atoms with Crippen molar-refractivity contribution in [1.82, 2.24) is 0 Å². The molecule has 0 bridgehead atoms. The second kappa shape index (κ2) is 2.12. The van der Waals surface area contributed by atoms with Crippen LogP contribution >= 0.6 is 0 Å². The van der Waals surface area contributed by atoms with Gasteiger partial charge < -0.3 is 5.11 Å². The summed E-state index contributed by atoms with van der Waals surface area (Å²) < 4.78 is 0. The van der Waals surface area contributed by atoms with E-state index in [1.165, 1.54) is 18.4 Å². The molecule has 1 heteroatoms. The van der Waals surface area contributed by atoms with Crippen molar-refractivity contribution < 1.29 is 5.11 Å². The van der Waals surface area contributed by atoms with Gasteiger partial charge in [-0.15, -0.1) is 0 Å². The Balaban J connectivity index is 2.36. The molecular formula is C6H10O. The molecule has 0 radical (unpaired) electrons. The molecular weight excluding hydrogens is 88.1 g/mol. The number of allylic oxidation sites excluding steroid dienone is 1. The quantitative estimate of drug-likeness (QED) is 0.487. The molecule has 1 N–H and O–H groups in total. The summed E-state index contributed by atoms with van der Waals surface area (Å²) in [6.45, 7) is 0.278. The Morgan fingerprint density at radius 1 is 1.71 bits per heavy atom. The minimum atomic E-state index is 0.278. The summed E-state index contributed by atoms with van der Waals surface area (Å²) in [6.07, 6.45) is 5.67. The lowest BCUT2D eigenvalue weighted by Gasteiger charge is -1.88. The second-order valence-electron chi connectivity index (χ2n) is 1.91. The zero-order valence-corrected chi connectivity index (χ0v) is 4.35. The van der Waals surface area contributed by atoms with Gasteiger partial charge >= 0.3 is 0 Å². The van der Waals surface area contributed by atoms with E-state index in [0.29, 0.717) is 0 Å². The molecule has 0 spiro atoms. The first-order valence-corrected chi connectivity index (χ1v) is 2.72. The average Bonchev–Trinajstić information content (AvgIpc) is 2.14. The molecule has 0 aliphatic heterocycles. The van der Waals surface area contributed by atoms with Crippen LogP contribution in [0.3, 0.4) is 0 Å². The van der Waals surface area contributed by atoms with Crippen LogP contribution in [0.4, 0.5) is 0 Å². The highest BCUT2D eigenvalue weighted by molar-refractivity contribution is 5.06. The highest BCUT2D eigenvalue weighted by Crippen LogP contribution is 2.15. The average molecular weight is 98.1 g/mol. The third kappa shape index (κ3) is 1.03. The van der Waals surface area contributed by atoms with E-state index < -0.39 is 0 Å². The van der Waals surface area contributed by atoms with E-state index in [1.54, 1.807) is 0 Å². The smallest absolute Gasteiger partial charge is 0.0641 e. The summed E-state index contributed by atoms with van der Waals surface area (Å²) in [5, 5.41) is 8.50. The maximum Gasteiger partial charge on any atom is 0.0641 e. The van der Waals surface area contributed by atoms with E-state index in [2.05, 4.69) is 6.08 Å². The minimum absolute atomic E-state index is 0.278. The van der Waals surface area contributed by atoms with Gasteiger partial charge in [-0.3, -0.25) is 0 Å². The zero-order chi connectivity index (χ0) is 5.11. The lowest BCUT2D eigenvalue weighted by molar-refractivity contribution is 0.328. The van der Waals surface area contributed by atoms with Gasteiger partial charge in [-0.1, -0.05) is 6.08 Å². The lowest BCUT2D eigenvalue weighted by Crippen LogP contribution is -1.82. The van der Waals surface area contributed by atoms with Crippen LogP contribution in [0, 0.1) is 0 Å². The Hall–Kier alpha value is -0.300. The van der Waals surface area contributed by atoms with Crippen LogP contribution < -0.4 is 0 Å². The summed E-state index contributed by atoms with van der Waals surface area (Å²) in [4.78, 5) is 0. The summed E-state index contributed by atoms with van der Waals surface area (Å²) in [5.41, 5.74) is 1.22. The van der Waals surface area contributed by atoms with Gasteiger partial charge in [0.25, 0.3) is 0 Å². The van der Waals surface area contributed by atoms with Crippen molar-refractivity contribution in [2.45, 2.75) is 19.3 Å². The van der Waals surface area contributed by atoms with Gasteiger partial charge in [-0.05, 0) is 24.8 Å². The first-order valence-electron chi connectivity index (χ1n) is 2.72. The van der Waals surface area contributed by atoms with E-state index in [1.807, 2.05) is 0 Å². The molecule has 0 aromatic carbocycles. The molecule has 40 valence electrons. The van der Waals surface area contributed by atoms with Crippen LogP contribution in [0.25, 0.3) is 0 Å². The van der Waals surface area contributed by atoms with Crippen molar-refractivity contribution in [3.63, 3.8) is 0 Å². The second-order valence-corrected chi connectivity index (χ2v) is 1.91. The predicted octanol–water partition coefficient (Wildman–Crippen LogP) is 1.09. The number of rotatable bonds is 1. The molecule has 0 fully saturated rings. The Labute approximate surface area is 43.7 Å². The van der Waals surface area contributed by atoms with Gasteiger partial charge in [0.05, 0.1) is 6.61 Å². The normalized spacial score (nSPS) is 19.9. The summed E-state index contributed by atoms with van der Waals surface area (Å²) >= 11 is 0. The number of hydrogen-bond acceptors (Lipinski definition) is 1. The SMILES string of the molecule is OCC1=CCCC1. The fraction of sp³-hybridized carbons (Fsp3) is 0.667. The Morgan fingerprint density at radius 3 is 2.86 bits per heavy atom. The van der Waals surface area contributed by atoms with Gasteiger partial charge in [-0.2, -0.15) is 0 Å². The topological polar surface area (TPSA) is 20.2 Å². The monoisotopic (exact) mass is 98.1 g/mol. The zero-order valence-electron chi connectivity index (χ0n) is 4.35. The minimum Gasteiger partial charge on any atom is -0.392 e. The van der Waals surface area contributed by atoms with Crippen LogP contribution in [0.5, 0.6) is 0 Å². The fourth-order valence-corrected chi connectivity index (χ4v) is 0.881. The van der Waals surface area contributed by atoms with Gasteiger partial charge in [0.15, 0.2) is 0 Å². The van der Waals surface area contributed by atoms with Crippen LogP contribution in [-0.4, -0.2) is 11.7 Å². The predicted molar refractivity (Wildman–Crippen MR) is 29.0 cm³/mol. The van der Waals surface area contributed by atoms with E-state index in [9.17, 15) is 0 Å². The molecule has 1 nitrogen and oxygen atoms in total. The molecule has 1 aliphatic rings. The van der Waals surface area contributed by atoms with Crippen molar-refractivity contribution in [1.29, 1.82) is 0 Å². The van der Waals surface area contributed by atoms with Gasteiger partial charge in [0.1, 0.15) is 0 Å². The van der Waals surface area contributed by atoms with E-state index in [-0.39, 0.29) is 6.61 Å². The maximum absolute atomic E-state index is 8.50. The van der Waals surface area contributed by atoms with Crippen molar-refractivity contribution >= 4 is 0 Å². The van der Waals surface area contributed by atoms with E-state index in [4.69, 9.17) is 5.11 Å². The Kier molecular flexibility index (Phi) is 1.47. The van der Waals surface area contributed by atoms with Crippen molar-refractivity contribution in [2.24, 2.45) is 0 Å². The van der Waals surface area contributed by atoms with E-state index >= 15 is 0 Å². The van der Waals surface area contributed by atoms with Gasteiger partial charge in [0.2, 0.25) is 0 Å². The molecule has 0 saturated heterocycles. The first-order chi connectivity index (χ1) is 3.43. The molecule has 1 rings (SSSR count). The Bertz CT molecular complexity index is 84.2. The first kappa shape index (κ1) is 4.85. The van der Waals surface area contributed by atoms with Gasteiger partial charge in [-0.25, -0.2) is 0 Å². The highest BCUT2D eigenvalue weighted by atomic mass is 16.3. The highest BCUT2D eigenvalue weighted by Gasteiger charge is 2.00. The largest absolute Gasteiger partial charge is 0.392 e. The molecule has 1 aliphatic carbocycles. The number of aliphatic hydroxyl groups excluding tert-OH is 1. The van der Waals surface area contributed by atoms with Crippen LogP contribution in [0.2, 0.25) is 0 Å². The molecule has 0 saturated carbocycles. The molecule has 0 amide bonds. The molecule has 0 aromatic rings. The molecule has 0 unspecified atom stereocenters. The molecule has 0 atom stereocenters. The molecule has 7 heavy (non-hydrogen) atoms. The van der Waals surface area contributed by atoms with Crippen LogP contribution in [-0.2, 0) is 0 Å². The summed E-state index contributed by atoms with van der Waals surface area (Å²) in [6, 6.07) is 0. The Morgan fingerprint density at radius 2 is 2.57 bits per heavy atom. The van der Waals surface area contributed by atoms with Crippen molar-refractivity contribution in [2.75, 3.05) is 6.61 Å². The van der Waals surface area contributed by atoms with Crippen LogP contribution in [0.1, 0.15) is 19.3 Å². The maximum atomic E-state index is 8.50. The summed E-state index contributed by atoms with van der Waals surface area (Å²) in [7, 11) is 0. The number of aliphatic hydroxyl groups is 1. The molecule has 0 aromatic heterocycles. The number of hydrogen-bond donors (Lipinski definition) is 1. The van der Waals surface area contributed by atoms with E-state index in [0.717, 1.165) is 6.42 Å². The standard InChI is InChI=1S/C6H10O/c7-5-6-3-1-2-4-6/h3,7H,1-2,4-5H2. The fourth-order valence-electron chi connectivity index (χ4n) is 0.881. The molecule has 0 heterocycles. The van der Waals surface area contributed by atoms with Gasteiger partial charge in [0, 0.05) is 0 Å². The van der Waals surface area contributed by atoms with Crippen LogP contribution in [0.15, 0.2) is 11.6 Å². The summed E-state index contributed by atoms with van der Waals surface area (Å²) in [5.74, 6) is 0.